The Labute approximate surface area is 111 Å². The first-order chi connectivity index (χ1) is 8.69. The van der Waals surface area contributed by atoms with E-state index in [0.717, 1.165) is 16.6 Å². The standard InChI is InChI=1S/C14H15ClN2O/c1-2-16-14(18)8-7-12-6-4-10-3-5-11(15)9-13(10)17-12/h3-6,9H,2,7-8H2,1H3,(H,16,18). The fraction of sp³-hybridized carbons (Fsp3) is 0.286. The molecule has 3 nitrogen and oxygen atoms in total. The summed E-state index contributed by atoms with van der Waals surface area (Å²) in [5.41, 5.74) is 1.78. The Bertz CT molecular complexity index is 569. The van der Waals surface area contributed by atoms with Gasteiger partial charge in [-0.15, -0.1) is 0 Å². The van der Waals surface area contributed by atoms with Gasteiger partial charge in [-0.2, -0.15) is 0 Å². The van der Waals surface area contributed by atoms with Crippen LogP contribution in [-0.4, -0.2) is 17.4 Å². The molecule has 2 rings (SSSR count). The fourth-order valence-corrected chi connectivity index (χ4v) is 1.97. The quantitative estimate of drug-likeness (QED) is 0.920. The molecule has 0 saturated carbocycles. The maximum atomic E-state index is 11.4. The smallest absolute Gasteiger partial charge is 0.220 e. The summed E-state index contributed by atoms with van der Waals surface area (Å²) in [6.45, 7) is 2.58. The van der Waals surface area contributed by atoms with E-state index in [1.165, 1.54) is 0 Å². The van der Waals surface area contributed by atoms with E-state index in [1.54, 1.807) is 0 Å². The van der Waals surface area contributed by atoms with E-state index in [9.17, 15) is 4.79 Å². The number of hydrogen-bond acceptors (Lipinski definition) is 2. The van der Waals surface area contributed by atoms with Gasteiger partial charge in [-0.25, -0.2) is 0 Å². The first kappa shape index (κ1) is 12.8. The Morgan fingerprint density at radius 1 is 1.33 bits per heavy atom. The number of amides is 1. The highest BCUT2D eigenvalue weighted by molar-refractivity contribution is 6.31. The van der Waals surface area contributed by atoms with E-state index < -0.39 is 0 Å². The van der Waals surface area contributed by atoms with Gasteiger partial charge in [0.15, 0.2) is 0 Å². The minimum absolute atomic E-state index is 0.0606. The molecule has 0 aliphatic carbocycles. The van der Waals surface area contributed by atoms with Crippen molar-refractivity contribution in [3.8, 4) is 0 Å². The molecule has 94 valence electrons. The molecule has 0 unspecified atom stereocenters. The maximum Gasteiger partial charge on any atom is 0.220 e. The van der Waals surface area contributed by atoms with Crippen LogP contribution in [0.4, 0.5) is 0 Å². The zero-order valence-corrected chi connectivity index (χ0v) is 11.0. The summed E-state index contributed by atoms with van der Waals surface area (Å²) in [4.78, 5) is 15.9. The number of fused-ring (bicyclic) bond motifs is 1. The molecule has 1 aromatic heterocycles. The molecule has 18 heavy (non-hydrogen) atoms. The normalized spacial score (nSPS) is 10.6. The molecular weight excluding hydrogens is 248 g/mol. The topological polar surface area (TPSA) is 42.0 Å². The van der Waals surface area contributed by atoms with Crippen molar-refractivity contribution >= 4 is 28.4 Å². The van der Waals surface area contributed by atoms with Crippen molar-refractivity contribution in [3.63, 3.8) is 0 Å². The second-order valence-electron chi connectivity index (χ2n) is 4.09. The van der Waals surface area contributed by atoms with Crippen LogP contribution in [-0.2, 0) is 11.2 Å². The van der Waals surface area contributed by atoms with Crippen LogP contribution in [0.3, 0.4) is 0 Å². The number of carbonyl (C=O) groups is 1. The predicted molar refractivity (Wildman–Crippen MR) is 73.8 cm³/mol. The van der Waals surface area contributed by atoms with E-state index in [4.69, 9.17) is 11.6 Å². The third-order valence-corrected chi connectivity index (χ3v) is 2.93. The molecule has 4 heteroatoms. The van der Waals surface area contributed by atoms with Crippen LogP contribution in [0.2, 0.25) is 5.02 Å². The third-order valence-electron chi connectivity index (χ3n) is 2.69. The molecule has 1 N–H and O–H groups in total. The summed E-state index contributed by atoms with van der Waals surface area (Å²) in [6, 6.07) is 9.59. The lowest BCUT2D eigenvalue weighted by Gasteiger charge is -2.04. The van der Waals surface area contributed by atoms with E-state index in [1.807, 2.05) is 37.3 Å². The van der Waals surface area contributed by atoms with E-state index in [0.29, 0.717) is 24.4 Å². The molecule has 0 fully saturated rings. The first-order valence-electron chi connectivity index (χ1n) is 6.01. The van der Waals surface area contributed by atoms with Crippen LogP contribution < -0.4 is 5.32 Å². The Hall–Kier alpha value is -1.61. The average Bonchev–Trinajstić information content (AvgIpc) is 2.36. The van der Waals surface area contributed by atoms with Crippen molar-refractivity contribution in [2.45, 2.75) is 19.8 Å². The van der Waals surface area contributed by atoms with Crippen molar-refractivity contribution < 1.29 is 4.79 Å². The van der Waals surface area contributed by atoms with Crippen LogP contribution in [0, 0.1) is 0 Å². The van der Waals surface area contributed by atoms with Crippen molar-refractivity contribution in [2.24, 2.45) is 0 Å². The monoisotopic (exact) mass is 262 g/mol. The number of aryl methyl sites for hydroxylation is 1. The van der Waals surface area contributed by atoms with Crippen LogP contribution in [0.25, 0.3) is 10.9 Å². The number of nitrogens with zero attached hydrogens (tertiary/aromatic N) is 1. The molecule has 0 bridgehead atoms. The van der Waals surface area contributed by atoms with Gasteiger partial charge in [-0.1, -0.05) is 23.7 Å². The van der Waals surface area contributed by atoms with Gasteiger partial charge in [0.05, 0.1) is 5.52 Å². The number of hydrogen-bond donors (Lipinski definition) is 1. The number of nitrogens with one attached hydrogen (secondary N) is 1. The van der Waals surface area contributed by atoms with E-state index in [-0.39, 0.29) is 5.91 Å². The lowest BCUT2D eigenvalue weighted by molar-refractivity contribution is -0.120. The Morgan fingerprint density at radius 3 is 2.89 bits per heavy atom. The number of rotatable bonds is 4. The molecule has 0 atom stereocenters. The van der Waals surface area contributed by atoms with Gasteiger partial charge in [0.2, 0.25) is 5.91 Å². The summed E-state index contributed by atoms with van der Waals surface area (Å²) < 4.78 is 0. The molecule has 1 heterocycles. The van der Waals surface area contributed by atoms with Gasteiger partial charge in [-0.3, -0.25) is 9.78 Å². The van der Waals surface area contributed by atoms with Crippen LogP contribution in [0.15, 0.2) is 30.3 Å². The number of pyridine rings is 1. The Morgan fingerprint density at radius 2 is 2.11 bits per heavy atom. The van der Waals surface area contributed by atoms with Gasteiger partial charge in [0.1, 0.15) is 0 Å². The molecular formula is C14H15ClN2O. The number of aromatic nitrogens is 1. The Kier molecular flexibility index (Phi) is 4.15. The number of carbonyl (C=O) groups excluding carboxylic acids is 1. The highest BCUT2D eigenvalue weighted by Crippen LogP contribution is 2.18. The molecule has 0 aliphatic rings. The first-order valence-corrected chi connectivity index (χ1v) is 6.38. The van der Waals surface area contributed by atoms with Crippen LogP contribution in [0.1, 0.15) is 19.0 Å². The number of halogens is 1. The minimum Gasteiger partial charge on any atom is -0.356 e. The largest absolute Gasteiger partial charge is 0.356 e. The molecule has 2 aromatic rings. The van der Waals surface area contributed by atoms with E-state index in [2.05, 4.69) is 10.3 Å². The zero-order valence-electron chi connectivity index (χ0n) is 10.2. The minimum atomic E-state index is 0.0606. The second kappa shape index (κ2) is 5.83. The van der Waals surface area contributed by atoms with E-state index >= 15 is 0 Å². The predicted octanol–water partition coefficient (Wildman–Crippen LogP) is 2.96. The lowest BCUT2D eigenvalue weighted by Crippen LogP contribution is -2.22. The van der Waals surface area contributed by atoms with Gasteiger partial charge in [0.25, 0.3) is 0 Å². The van der Waals surface area contributed by atoms with Gasteiger partial charge < -0.3 is 5.32 Å². The molecule has 1 aromatic carbocycles. The summed E-state index contributed by atoms with van der Waals surface area (Å²) in [6.07, 6.45) is 1.11. The molecule has 0 aliphatic heterocycles. The van der Waals surface area contributed by atoms with Crippen molar-refractivity contribution in [1.82, 2.24) is 10.3 Å². The molecule has 0 spiro atoms. The Balaban J connectivity index is 2.12. The molecule has 0 saturated heterocycles. The van der Waals surface area contributed by atoms with Gasteiger partial charge in [-0.05, 0) is 31.5 Å². The lowest BCUT2D eigenvalue weighted by atomic mass is 10.1. The van der Waals surface area contributed by atoms with Crippen molar-refractivity contribution in [3.05, 3.63) is 41.0 Å². The van der Waals surface area contributed by atoms with Crippen LogP contribution in [0.5, 0.6) is 0 Å². The summed E-state index contributed by atoms with van der Waals surface area (Å²) in [7, 11) is 0. The fourth-order valence-electron chi connectivity index (χ4n) is 1.80. The van der Waals surface area contributed by atoms with Crippen molar-refractivity contribution in [2.75, 3.05) is 6.54 Å². The highest BCUT2D eigenvalue weighted by Gasteiger charge is 2.03. The van der Waals surface area contributed by atoms with Crippen molar-refractivity contribution in [1.29, 1.82) is 0 Å². The summed E-state index contributed by atoms with van der Waals surface area (Å²) in [5, 5.41) is 4.51. The highest BCUT2D eigenvalue weighted by atomic mass is 35.5. The summed E-state index contributed by atoms with van der Waals surface area (Å²) in [5.74, 6) is 0.0606. The zero-order chi connectivity index (χ0) is 13.0. The summed E-state index contributed by atoms with van der Waals surface area (Å²) >= 11 is 5.94. The molecule has 1 amide bonds. The average molecular weight is 263 g/mol. The third kappa shape index (κ3) is 3.20. The molecule has 0 radical (unpaired) electrons. The maximum absolute atomic E-state index is 11.4. The van der Waals surface area contributed by atoms with Gasteiger partial charge in [0, 0.05) is 29.1 Å². The van der Waals surface area contributed by atoms with Crippen LogP contribution >= 0.6 is 11.6 Å². The number of benzene rings is 1. The van der Waals surface area contributed by atoms with Gasteiger partial charge >= 0.3 is 0 Å². The SMILES string of the molecule is CCNC(=O)CCc1ccc2ccc(Cl)cc2n1. The second-order valence-corrected chi connectivity index (χ2v) is 4.53.